The van der Waals surface area contributed by atoms with Crippen LogP contribution in [0.4, 0.5) is 10.1 Å². The van der Waals surface area contributed by atoms with Gasteiger partial charge in [0.2, 0.25) is 5.91 Å². The molecule has 0 spiro atoms. The van der Waals surface area contributed by atoms with E-state index >= 15 is 0 Å². The number of aryl methyl sites for hydroxylation is 2. The number of aromatic amines is 1. The number of carbonyl (C=O) groups excluding carboxylic acids is 1. The number of benzene rings is 2. The molecule has 0 aliphatic rings. The Hall–Kier alpha value is -2.62. The first kappa shape index (κ1) is 14.3. The fourth-order valence-electron chi connectivity index (χ4n) is 2.59. The van der Waals surface area contributed by atoms with E-state index in [1.54, 1.807) is 6.07 Å². The molecule has 0 atom stereocenters. The normalized spacial score (nSPS) is 10.9. The zero-order chi connectivity index (χ0) is 15.7. The first-order valence-electron chi connectivity index (χ1n) is 7.16. The van der Waals surface area contributed by atoms with Crippen molar-refractivity contribution in [3.8, 4) is 0 Å². The largest absolute Gasteiger partial charge is 0.358 e. The summed E-state index contributed by atoms with van der Waals surface area (Å²) in [6.07, 6.45) is 0.211. The molecule has 2 aromatic carbocycles. The molecule has 0 radical (unpaired) electrons. The van der Waals surface area contributed by atoms with Crippen molar-refractivity contribution in [3.63, 3.8) is 0 Å². The van der Waals surface area contributed by atoms with Crippen LogP contribution in [0, 0.1) is 19.7 Å². The van der Waals surface area contributed by atoms with Crippen LogP contribution in [-0.4, -0.2) is 10.9 Å². The predicted molar refractivity (Wildman–Crippen MR) is 86.5 cm³/mol. The summed E-state index contributed by atoms with van der Waals surface area (Å²) in [4.78, 5) is 15.4. The third-order valence-corrected chi connectivity index (χ3v) is 3.75. The first-order chi connectivity index (χ1) is 10.5. The number of fused-ring (bicyclic) bond motifs is 1. The van der Waals surface area contributed by atoms with Crippen molar-refractivity contribution in [1.29, 1.82) is 0 Å². The van der Waals surface area contributed by atoms with Crippen molar-refractivity contribution < 1.29 is 9.18 Å². The molecule has 0 unspecified atom stereocenters. The van der Waals surface area contributed by atoms with Gasteiger partial charge in [0.25, 0.3) is 0 Å². The molecule has 3 aromatic rings. The average molecular weight is 296 g/mol. The minimum atomic E-state index is -0.299. The fourth-order valence-corrected chi connectivity index (χ4v) is 2.59. The highest BCUT2D eigenvalue weighted by molar-refractivity contribution is 5.96. The Balaban J connectivity index is 1.83. The number of aromatic nitrogens is 1. The highest BCUT2D eigenvalue weighted by Gasteiger charge is 2.13. The molecule has 1 amide bonds. The molecule has 0 aliphatic carbocycles. The number of rotatable bonds is 3. The van der Waals surface area contributed by atoms with E-state index in [0.717, 1.165) is 33.4 Å². The Morgan fingerprint density at radius 3 is 2.59 bits per heavy atom. The van der Waals surface area contributed by atoms with Crippen LogP contribution >= 0.6 is 0 Å². The van der Waals surface area contributed by atoms with Crippen LogP contribution in [-0.2, 0) is 11.2 Å². The molecule has 0 aliphatic heterocycles. The summed E-state index contributed by atoms with van der Waals surface area (Å²) in [5.41, 5.74) is 4.47. The highest BCUT2D eigenvalue weighted by atomic mass is 19.1. The van der Waals surface area contributed by atoms with E-state index in [9.17, 15) is 9.18 Å². The second-order valence-corrected chi connectivity index (χ2v) is 5.51. The minimum Gasteiger partial charge on any atom is -0.358 e. The van der Waals surface area contributed by atoms with E-state index in [-0.39, 0.29) is 18.1 Å². The maximum Gasteiger partial charge on any atom is 0.228 e. The smallest absolute Gasteiger partial charge is 0.228 e. The molecule has 112 valence electrons. The Morgan fingerprint density at radius 2 is 1.86 bits per heavy atom. The number of H-pyrrole nitrogens is 1. The predicted octanol–water partition coefficient (Wildman–Crippen LogP) is 4.11. The molecule has 4 heteroatoms. The molecule has 0 fully saturated rings. The summed E-state index contributed by atoms with van der Waals surface area (Å²) in [5.74, 6) is -0.413. The number of anilines is 1. The zero-order valence-electron chi connectivity index (χ0n) is 12.5. The third kappa shape index (κ3) is 2.86. The number of amides is 1. The summed E-state index contributed by atoms with van der Waals surface area (Å²) in [7, 11) is 0. The monoisotopic (exact) mass is 296 g/mol. The molecule has 1 aromatic heterocycles. The van der Waals surface area contributed by atoms with Crippen molar-refractivity contribution in [2.24, 2.45) is 0 Å². The molecule has 22 heavy (non-hydrogen) atoms. The van der Waals surface area contributed by atoms with Crippen LogP contribution in [0.25, 0.3) is 10.9 Å². The lowest BCUT2D eigenvalue weighted by Crippen LogP contribution is -2.14. The fraction of sp³-hybridized carbons (Fsp3) is 0.167. The lowest BCUT2D eigenvalue weighted by Gasteiger charge is -2.06. The number of hydrogen-bond acceptors (Lipinski definition) is 1. The zero-order valence-corrected chi connectivity index (χ0v) is 12.5. The number of hydrogen-bond donors (Lipinski definition) is 2. The molecule has 1 heterocycles. The standard InChI is InChI=1S/C18H17FN2O/c1-11-3-6-14(7-4-11)21-18(22)10-15-12(2)20-17-8-5-13(19)9-16(15)17/h3-9,20H,10H2,1-2H3,(H,21,22). The van der Waals surface area contributed by atoms with Crippen LogP contribution in [0.3, 0.4) is 0 Å². The SMILES string of the molecule is Cc1ccc(NC(=O)Cc2c(C)[nH]c3ccc(F)cc23)cc1. The second-order valence-electron chi connectivity index (χ2n) is 5.51. The van der Waals surface area contributed by atoms with E-state index in [4.69, 9.17) is 0 Å². The minimum absolute atomic E-state index is 0.114. The molecule has 2 N–H and O–H groups in total. The Bertz CT molecular complexity index is 834. The van der Waals surface area contributed by atoms with Crippen molar-refractivity contribution in [3.05, 3.63) is 65.1 Å². The van der Waals surface area contributed by atoms with Gasteiger partial charge < -0.3 is 10.3 Å². The van der Waals surface area contributed by atoms with Gasteiger partial charge in [-0.2, -0.15) is 0 Å². The first-order valence-corrected chi connectivity index (χ1v) is 7.16. The van der Waals surface area contributed by atoms with Gasteiger partial charge in [0.1, 0.15) is 5.82 Å². The number of halogens is 1. The van der Waals surface area contributed by atoms with Crippen LogP contribution < -0.4 is 5.32 Å². The topological polar surface area (TPSA) is 44.9 Å². The summed E-state index contributed by atoms with van der Waals surface area (Å²) in [6, 6.07) is 12.2. The van der Waals surface area contributed by atoms with Gasteiger partial charge in [-0.1, -0.05) is 17.7 Å². The van der Waals surface area contributed by atoms with Crippen LogP contribution in [0.1, 0.15) is 16.8 Å². The quantitative estimate of drug-likeness (QED) is 0.750. The van der Waals surface area contributed by atoms with E-state index in [1.165, 1.54) is 12.1 Å². The van der Waals surface area contributed by atoms with E-state index in [0.29, 0.717) is 0 Å². The van der Waals surface area contributed by atoms with Crippen molar-refractivity contribution >= 4 is 22.5 Å². The lowest BCUT2D eigenvalue weighted by molar-refractivity contribution is -0.115. The van der Waals surface area contributed by atoms with Crippen LogP contribution in [0.2, 0.25) is 0 Å². The Morgan fingerprint density at radius 1 is 1.14 bits per heavy atom. The third-order valence-electron chi connectivity index (χ3n) is 3.75. The summed E-state index contributed by atoms with van der Waals surface area (Å²) in [5, 5.41) is 3.63. The van der Waals surface area contributed by atoms with E-state index in [1.807, 2.05) is 38.1 Å². The van der Waals surface area contributed by atoms with Gasteiger partial charge in [0.15, 0.2) is 0 Å². The Kier molecular flexibility index (Phi) is 3.67. The number of nitrogens with one attached hydrogen (secondary N) is 2. The van der Waals surface area contributed by atoms with Crippen LogP contribution in [0.15, 0.2) is 42.5 Å². The molecule has 0 saturated carbocycles. The molecule has 0 saturated heterocycles. The van der Waals surface area contributed by atoms with Crippen molar-refractivity contribution in [1.82, 2.24) is 4.98 Å². The van der Waals surface area contributed by atoms with Gasteiger partial charge in [0.05, 0.1) is 6.42 Å². The average Bonchev–Trinajstić information content (AvgIpc) is 2.77. The summed E-state index contributed by atoms with van der Waals surface area (Å²) >= 11 is 0. The molecule has 0 bridgehead atoms. The lowest BCUT2D eigenvalue weighted by atomic mass is 10.1. The van der Waals surface area contributed by atoms with Gasteiger partial charge in [-0.3, -0.25) is 4.79 Å². The highest BCUT2D eigenvalue weighted by Crippen LogP contribution is 2.24. The van der Waals surface area contributed by atoms with Crippen molar-refractivity contribution in [2.75, 3.05) is 5.32 Å². The summed E-state index contributed by atoms with van der Waals surface area (Å²) < 4.78 is 13.4. The van der Waals surface area contributed by atoms with Gasteiger partial charge in [-0.05, 0) is 49.7 Å². The Labute approximate surface area is 128 Å². The maximum absolute atomic E-state index is 13.4. The van der Waals surface area contributed by atoms with E-state index < -0.39 is 0 Å². The van der Waals surface area contributed by atoms with E-state index in [2.05, 4.69) is 10.3 Å². The molecular formula is C18H17FN2O. The molecular weight excluding hydrogens is 279 g/mol. The molecule has 3 rings (SSSR count). The van der Waals surface area contributed by atoms with Gasteiger partial charge in [-0.25, -0.2) is 4.39 Å². The number of carbonyl (C=O) groups is 1. The molecule has 3 nitrogen and oxygen atoms in total. The van der Waals surface area contributed by atoms with Gasteiger partial charge in [-0.15, -0.1) is 0 Å². The second kappa shape index (κ2) is 5.64. The van der Waals surface area contributed by atoms with Gasteiger partial charge >= 0.3 is 0 Å². The summed E-state index contributed by atoms with van der Waals surface area (Å²) in [6.45, 7) is 3.89. The van der Waals surface area contributed by atoms with Crippen molar-refractivity contribution in [2.45, 2.75) is 20.3 Å². The van der Waals surface area contributed by atoms with Crippen LogP contribution in [0.5, 0.6) is 0 Å². The van der Waals surface area contributed by atoms with Gasteiger partial charge in [0, 0.05) is 22.3 Å². The maximum atomic E-state index is 13.4.